The summed E-state index contributed by atoms with van der Waals surface area (Å²) in [7, 11) is 0. The molecule has 19 heavy (non-hydrogen) atoms. The van der Waals surface area contributed by atoms with Gasteiger partial charge in [0.2, 0.25) is 0 Å². The van der Waals surface area contributed by atoms with Crippen molar-refractivity contribution in [3.63, 3.8) is 0 Å². The summed E-state index contributed by atoms with van der Waals surface area (Å²) in [5, 5.41) is 10.3. The fourth-order valence-electron chi connectivity index (χ4n) is 1.99. The van der Waals surface area contributed by atoms with E-state index in [0.717, 1.165) is 11.0 Å². The van der Waals surface area contributed by atoms with Gasteiger partial charge in [-0.25, -0.2) is 4.39 Å². The first-order valence-corrected chi connectivity index (χ1v) is 5.88. The molecule has 0 fully saturated rings. The molecule has 3 rings (SSSR count). The molecule has 4 heteroatoms. The van der Waals surface area contributed by atoms with Crippen molar-refractivity contribution in [2.75, 3.05) is 0 Å². The van der Waals surface area contributed by atoms with Gasteiger partial charge in [0, 0.05) is 12.4 Å². The maximum atomic E-state index is 12.9. The summed E-state index contributed by atoms with van der Waals surface area (Å²) in [6.45, 7) is 0. The van der Waals surface area contributed by atoms with Gasteiger partial charge in [0.15, 0.2) is 0 Å². The average Bonchev–Trinajstić information content (AvgIpc) is 2.47. The molecule has 0 aliphatic carbocycles. The van der Waals surface area contributed by atoms with Crippen molar-refractivity contribution in [1.82, 2.24) is 9.97 Å². The van der Waals surface area contributed by atoms with E-state index in [0.29, 0.717) is 11.1 Å². The van der Waals surface area contributed by atoms with E-state index in [-0.39, 0.29) is 5.82 Å². The van der Waals surface area contributed by atoms with E-state index in [1.807, 2.05) is 6.07 Å². The zero-order chi connectivity index (χ0) is 13.2. The van der Waals surface area contributed by atoms with Crippen LogP contribution in [0.4, 0.5) is 4.39 Å². The van der Waals surface area contributed by atoms with Crippen LogP contribution in [-0.4, -0.2) is 15.1 Å². The Labute approximate surface area is 109 Å². The standard InChI is InChI=1S/C15H11FN2O/c16-12-4-1-10(2-5-12)15(19)11-3-6-13-14(9-11)18-8-7-17-13/h1-9,15,19H. The van der Waals surface area contributed by atoms with E-state index in [2.05, 4.69) is 9.97 Å². The predicted octanol–water partition coefficient (Wildman–Crippen LogP) is 2.85. The summed E-state index contributed by atoms with van der Waals surface area (Å²) >= 11 is 0. The zero-order valence-corrected chi connectivity index (χ0v) is 9.99. The van der Waals surface area contributed by atoms with Crippen LogP contribution in [0.5, 0.6) is 0 Å². The summed E-state index contributed by atoms with van der Waals surface area (Å²) in [6.07, 6.45) is 2.43. The second-order valence-corrected chi connectivity index (χ2v) is 4.26. The third-order valence-corrected chi connectivity index (χ3v) is 2.99. The molecule has 0 amide bonds. The van der Waals surface area contributed by atoms with Crippen molar-refractivity contribution in [3.05, 3.63) is 71.8 Å². The highest BCUT2D eigenvalue weighted by atomic mass is 19.1. The van der Waals surface area contributed by atoms with Crippen molar-refractivity contribution in [3.8, 4) is 0 Å². The van der Waals surface area contributed by atoms with Crippen LogP contribution in [-0.2, 0) is 0 Å². The minimum atomic E-state index is -0.799. The van der Waals surface area contributed by atoms with E-state index < -0.39 is 6.10 Å². The molecular formula is C15H11FN2O. The Kier molecular flexibility index (Phi) is 2.93. The van der Waals surface area contributed by atoms with Gasteiger partial charge in [-0.2, -0.15) is 0 Å². The highest BCUT2D eigenvalue weighted by Crippen LogP contribution is 2.24. The van der Waals surface area contributed by atoms with Crippen LogP contribution in [0.3, 0.4) is 0 Å². The number of aliphatic hydroxyl groups excluding tert-OH is 1. The first-order valence-electron chi connectivity index (χ1n) is 5.88. The zero-order valence-electron chi connectivity index (χ0n) is 9.99. The topological polar surface area (TPSA) is 46.0 Å². The number of hydrogen-bond donors (Lipinski definition) is 1. The molecule has 0 aliphatic heterocycles. The van der Waals surface area contributed by atoms with Gasteiger partial charge in [-0.05, 0) is 35.4 Å². The van der Waals surface area contributed by atoms with E-state index in [1.54, 1.807) is 36.7 Å². The number of aliphatic hydroxyl groups is 1. The Balaban J connectivity index is 2.01. The fraction of sp³-hybridized carbons (Fsp3) is 0.0667. The van der Waals surface area contributed by atoms with E-state index in [4.69, 9.17) is 0 Å². The molecule has 0 saturated heterocycles. The molecule has 0 radical (unpaired) electrons. The average molecular weight is 254 g/mol. The Bertz CT molecular complexity index is 713. The van der Waals surface area contributed by atoms with Crippen molar-refractivity contribution in [1.29, 1.82) is 0 Å². The lowest BCUT2D eigenvalue weighted by molar-refractivity contribution is 0.220. The Morgan fingerprint density at radius 2 is 1.47 bits per heavy atom. The van der Waals surface area contributed by atoms with Crippen LogP contribution < -0.4 is 0 Å². The van der Waals surface area contributed by atoms with Crippen LogP contribution in [0.25, 0.3) is 11.0 Å². The second kappa shape index (κ2) is 4.74. The van der Waals surface area contributed by atoms with Crippen LogP contribution in [0.2, 0.25) is 0 Å². The molecule has 0 bridgehead atoms. The number of fused-ring (bicyclic) bond motifs is 1. The summed E-state index contributed by atoms with van der Waals surface area (Å²) in [4.78, 5) is 8.37. The van der Waals surface area contributed by atoms with Gasteiger partial charge >= 0.3 is 0 Å². The van der Waals surface area contributed by atoms with Crippen LogP contribution >= 0.6 is 0 Å². The molecule has 1 unspecified atom stereocenters. The SMILES string of the molecule is OC(c1ccc(F)cc1)c1ccc2nccnc2c1. The first kappa shape index (κ1) is 11.7. The minimum absolute atomic E-state index is 0.319. The highest BCUT2D eigenvalue weighted by molar-refractivity contribution is 5.74. The molecule has 2 aromatic carbocycles. The maximum Gasteiger partial charge on any atom is 0.123 e. The molecule has 94 valence electrons. The molecule has 1 aromatic heterocycles. The number of halogens is 1. The van der Waals surface area contributed by atoms with Gasteiger partial charge in [0.05, 0.1) is 11.0 Å². The smallest absolute Gasteiger partial charge is 0.123 e. The van der Waals surface area contributed by atoms with E-state index in [9.17, 15) is 9.50 Å². The van der Waals surface area contributed by atoms with Gasteiger partial charge in [0.1, 0.15) is 11.9 Å². The number of hydrogen-bond acceptors (Lipinski definition) is 3. The van der Waals surface area contributed by atoms with Crippen molar-refractivity contribution >= 4 is 11.0 Å². The monoisotopic (exact) mass is 254 g/mol. The molecule has 1 heterocycles. The Morgan fingerprint density at radius 1 is 0.842 bits per heavy atom. The van der Waals surface area contributed by atoms with Gasteiger partial charge in [-0.3, -0.25) is 9.97 Å². The summed E-state index contributed by atoms with van der Waals surface area (Å²) < 4.78 is 12.9. The van der Waals surface area contributed by atoms with Gasteiger partial charge in [-0.1, -0.05) is 18.2 Å². The number of rotatable bonds is 2. The molecule has 3 nitrogen and oxygen atoms in total. The maximum absolute atomic E-state index is 12.9. The molecule has 1 atom stereocenters. The predicted molar refractivity (Wildman–Crippen MR) is 70.0 cm³/mol. The fourth-order valence-corrected chi connectivity index (χ4v) is 1.99. The summed E-state index contributed by atoms with van der Waals surface area (Å²) in [6, 6.07) is 11.2. The van der Waals surface area contributed by atoms with E-state index >= 15 is 0 Å². The van der Waals surface area contributed by atoms with Gasteiger partial charge < -0.3 is 5.11 Å². The van der Waals surface area contributed by atoms with Gasteiger partial charge in [-0.15, -0.1) is 0 Å². The molecule has 0 spiro atoms. The first-order chi connectivity index (χ1) is 9.24. The van der Waals surface area contributed by atoms with Crippen molar-refractivity contribution in [2.45, 2.75) is 6.10 Å². The summed E-state index contributed by atoms with van der Waals surface area (Å²) in [5.41, 5.74) is 2.85. The Hall–Kier alpha value is -2.33. The second-order valence-electron chi connectivity index (χ2n) is 4.26. The number of nitrogens with zero attached hydrogens (tertiary/aromatic N) is 2. The lowest BCUT2D eigenvalue weighted by Crippen LogP contribution is -2.00. The number of aromatic nitrogens is 2. The third kappa shape index (κ3) is 2.30. The summed E-state index contributed by atoms with van der Waals surface area (Å²) in [5.74, 6) is -0.319. The largest absolute Gasteiger partial charge is 0.384 e. The molecule has 0 aliphatic rings. The molecule has 0 saturated carbocycles. The molecular weight excluding hydrogens is 243 g/mol. The van der Waals surface area contributed by atoms with Crippen molar-refractivity contribution < 1.29 is 9.50 Å². The van der Waals surface area contributed by atoms with Crippen LogP contribution in [0, 0.1) is 5.82 Å². The minimum Gasteiger partial charge on any atom is -0.384 e. The normalized spacial score (nSPS) is 12.5. The lowest BCUT2D eigenvalue weighted by atomic mass is 10.0. The lowest BCUT2D eigenvalue weighted by Gasteiger charge is -2.11. The van der Waals surface area contributed by atoms with Crippen molar-refractivity contribution in [2.24, 2.45) is 0 Å². The van der Waals surface area contributed by atoms with Crippen LogP contribution in [0.1, 0.15) is 17.2 Å². The van der Waals surface area contributed by atoms with E-state index in [1.165, 1.54) is 12.1 Å². The van der Waals surface area contributed by atoms with Gasteiger partial charge in [0.25, 0.3) is 0 Å². The molecule has 1 N–H and O–H groups in total. The molecule has 3 aromatic rings. The van der Waals surface area contributed by atoms with Crippen LogP contribution in [0.15, 0.2) is 54.9 Å². The quantitative estimate of drug-likeness (QED) is 0.764. The Morgan fingerprint density at radius 3 is 2.21 bits per heavy atom. The highest BCUT2D eigenvalue weighted by Gasteiger charge is 2.11. The third-order valence-electron chi connectivity index (χ3n) is 2.99. The number of benzene rings is 2.